The second kappa shape index (κ2) is 4.99. The first-order valence-corrected chi connectivity index (χ1v) is 9.50. The lowest BCUT2D eigenvalue weighted by Gasteiger charge is -2.67. The van der Waals surface area contributed by atoms with Gasteiger partial charge in [-0.3, -0.25) is 9.59 Å². The largest absolute Gasteiger partial charge is 0.311 e. The van der Waals surface area contributed by atoms with Crippen LogP contribution in [-0.2, 0) is 9.59 Å². The van der Waals surface area contributed by atoms with Gasteiger partial charge in [-0.2, -0.15) is 0 Å². The number of carbonyl (C=O) groups excluding carboxylic acids is 2. The predicted octanol–water partition coefficient (Wildman–Crippen LogP) is 4.44. The van der Waals surface area contributed by atoms with E-state index in [1.54, 1.807) is 0 Å². The third-order valence-electron chi connectivity index (χ3n) is 6.38. The molecule has 1 atom stereocenters. The van der Waals surface area contributed by atoms with Gasteiger partial charge in [0.1, 0.15) is 0 Å². The minimum absolute atomic E-state index is 0.136. The fourth-order valence-electron chi connectivity index (χ4n) is 5.19. The number of amides is 1. The Hall–Kier alpha value is -1.58. The van der Waals surface area contributed by atoms with Crippen molar-refractivity contribution in [1.82, 2.24) is 0 Å². The molecule has 2 bridgehead atoms. The summed E-state index contributed by atoms with van der Waals surface area (Å²) >= 11 is 11.9. The average Bonchev–Trinajstić information content (AvgIpc) is 2.91. The van der Waals surface area contributed by atoms with Crippen molar-refractivity contribution in [1.29, 1.82) is 0 Å². The van der Waals surface area contributed by atoms with Gasteiger partial charge >= 0.3 is 0 Å². The van der Waals surface area contributed by atoms with E-state index in [0.717, 1.165) is 5.69 Å². The number of rotatable bonds is 3. The van der Waals surface area contributed by atoms with Crippen LogP contribution < -0.4 is 4.90 Å². The molecule has 0 radical (unpaired) electrons. The van der Waals surface area contributed by atoms with E-state index >= 15 is 0 Å². The number of anilines is 1. The summed E-state index contributed by atoms with van der Waals surface area (Å²) in [6, 6.07) is 12.3. The fourth-order valence-corrected chi connectivity index (χ4v) is 5.64. The van der Waals surface area contributed by atoms with Crippen molar-refractivity contribution in [2.45, 2.75) is 25.2 Å². The van der Waals surface area contributed by atoms with Gasteiger partial charge in [0.2, 0.25) is 11.1 Å². The second-order valence-corrected chi connectivity index (χ2v) is 8.50. The van der Waals surface area contributed by atoms with Crippen LogP contribution in [0.25, 0.3) is 10.8 Å². The highest BCUT2D eigenvalue weighted by Crippen LogP contribution is 2.74. The highest BCUT2D eigenvalue weighted by Gasteiger charge is 2.75. The van der Waals surface area contributed by atoms with E-state index in [1.807, 2.05) is 23.1 Å². The maximum Gasteiger partial charge on any atom is 0.233 e. The van der Waals surface area contributed by atoms with Crippen LogP contribution in [0.3, 0.4) is 0 Å². The van der Waals surface area contributed by atoms with Crippen molar-refractivity contribution in [2.75, 3.05) is 17.3 Å². The normalized spacial score (nSPS) is 32.1. The van der Waals surface area contributed by atoms with Crippen LogP contribution >= 0.6 is 23.2 Å². The molecular weight excluding hydrogens is 357 g/mol. The Morgan fingerprint density at radius 1 is 1.08 bits per heavy atom. The van der Waals surface area contributed by atoms with Gasteiger partial charge < -0.3 is 4.90 Å². The minimum atomic E-state index is -0.422. The van der Waals surface area contributed by atoms with Crippen molar-refractivity contribution >= 4 is 50.8 Å². The van der Waals surface area contributed by atoms with Gasteiger partial charge in [-0.05, 0) is 53.3 Å². The summed E-state index contributed by atoms with van der Waals surface area (Å²) in [4.78, 5) is 26.7. The molecule has 1 aliphatic heterocycles. The molecule has 0 aromatic heterocycles. The Morgan fingerprint density at radius 3 is 2.48 bits per heavy atom. The Balaban J connectivity index is 1.53. The van der Waals surface area contributed by atoms with Gasteiger partial charge in [-0.1, -0.05) is 30.3 Å². The highest BCUT2D eigenvalue weighted by molar-refractivity contribution is 6.65. The molecule has 2 aromatic carbocycles. The van der Waals surface area contributed by atoms with Crippen LogP contribution in [0, 0.1) is 10.8 Å². The molecule has 128 valence electrons. The minimum Gasteiger partial charge on any atom is -0.311 e. The summed E-state index contributed by atoms with van der Waals surface area (Å²) in [5, 5.41) is 2.06. The Labute approximate surface area is 155 Å². The zero-order valence-corrected chi connectivity index (χ0v) is 15.1. The van der Waals surface area contributed by atoms with E-state index < -0.39 is 5.41 Å². The molecular formula is C20H17Cl2NO2. The molecule has 1 heterocycles. The number of nitrogens with zero attached hydrogens (tertiary/aromatic N) is 1. The van der Waals surface area contributed by atoms with Gasteiger partial charge in [0.05, 0.1) is 5.41 Å². The van der Waals surface area contributed by atoms with E-state index in [4.69, 9.17) is 23.2 Å². The number of hydrogen-bond acceptors (Lipinski definition) is 2. The lowest BCUT2D eigenvalue weighted by molar-refractivity contribution is -0.199. The average molecular weight is 374 g/mol. The van der Waals surface area contributed by atoms with E-state index in [2.05, 4.69) is 18.2 Å². The molecule has 0 N–H and O–H groups in total. The second-order valence-electron chi connectivity index (χ2n) is 7.85. The summed E-state index contributed by atoms with van der Waals surface area (Å²) in [6.07, 6.45) is 1.81. The van der Waals surface area contributed by atoms with E-state index in [-0.39, 0.29) is 22.5 Å². The van der Waals surface area contributed by atoms with Crippen LogP contribution in [0.2, 0.25) is 0 Å². The van der Waals surface area contributed by atoms with Gasteiger partial charge in [0.25, 0.3) is 0 Å². The number of benzene rings is 2. The Morgan fingerprint density at radius 2 is 1.80 bits per heavy atom. The first-order valence-electron chi connectivity index (χ1n) is 8.59. The zero-order valence-electron chi connectivity index (χ0n) is 13.6. The zero-order chi connectivity index (χ0) is 17.4. The van der Waals surface area contributed by atoms with Crippen molar-refractivity contribution in [3.8, 4) is 0 Å². The Bertz CT molecular complexity index is 919. The Kier molecular flexibility index (Phi) is 3.12. The molecule has 25 heavy (non-hydrogen) atoms. The van der Waals surface area contributed by atoms with Crippen LogP contribution in [0.1, 0.15) is 30.7 Å². The lowest BCUT2D eigenvalue weighted by atomic mass is 9.35. The van der Waals surface area contributed by atoms with E-state index in [0.29, 0.717) is 31.7 Å². The summed E-state index contributed by atoms with van der Waals surface area (Å²) in [7, 11) is 0. The standard InChI is InChI=1S/C20H17Cl2NO2/c21-7-13-8-23(18(25)20-9-19(10-20,11-20)17(22)24)15-6-5-12-3-1-2-4-14(12)16(13)15/h1-6,13H,7-11H2/t13-,19?,20?/m1/s1. The van der Waals surface area contributed by atoms with Gasteiger partial charge in [-0.25, -0.2) is 0 Å². The maximum absolute atomic E-state index is 13.2. The lowest BCUT2D eigenvalue weighted by Crippen LogP contribution is -2.70. The third kappa shape index (κ3) is 1.89. The van der Waals surface area contributed by atoms with Crippen LogP contribution in [-0.4, -0.2) is 23.6 Å². The molecule has 3 nitrogen and oxygen atoms in total. The van der Waals surface area contributed by atoms with Crippen LogP contribution in [0.4, 0.5) is 5.69 Å². The number of halogens is 2. The molecule has 5 heteroatoms. The summed E-state index contributed by atoms with van der Waals surface area (Å²) < 4.78 is 0. The van der Waals surface area contributed by atoms with Crippen LogP contribution in [0.15, 0.2) is 36.4 Å². The van der Waals surface area contributed by atoms with Crippen molar-refractivity contribution in [2.24, 2.45) is 10.8 Å². The molecule has 3 fully saturated rings. The summed E-state index contributed by atoms with van der Waals surface area (Å²) in [5.41, 5.74) is 1.35. The van der Waals surface area contributed by atoms with Crippen molar-refractivity contribution in [3.05, 3.63) is 42.0 Å². The number of alkyl halides is 1. The third-order valence-corrected chi connectivity index (χ3v) is 7.16. The summed E-state index contributed by atoms with van der Waals surface area (Å²) in [6.45, 7) is 0.620. The monoisotopic (exact) mass is 373 g/mol. The summed E-state index contributed by atoms with van der Waals surface area (Å²) in [5.74, 6) is 0.765. The molecule has 3 aliphatic carbocycles. The maximum atomic E-state index is 13.2. The quantitative estimate of drug-likeness (QED) is 0.588. The molecule has 3 saturated carbocycles. The smallest absolute Gasteiger partial charge is 0.233 e. The molecule has 0 spiro atoms. The van der Waals surface area contributed by atoms with Crippen LogP contribution in [0.5, 0.6) is 0 Å². The predicted molar refractivity (Wildman–Crippen MR) is 99.3 cm³/mol. The topological polar surface area (TPSA) is 37.4 Å². The van der Waals surface area contributed by atoms with Crippen molar-refractivity contribution < 1.29 is 9.59 Å². The fraction of sp³-hybridized carbons (Fsp3) is 0.400. The highest BCUT2D eigenvalue weighted by atomic mass is 35.5. The molecule has 0 saturated heterocycles. The molecule has 6 rings (SSSR count). The van der Waals surface area contributed by atoms with Gasteiger partial charge in [0, 0.05) is 29.4 Å². The number of fused-ring (bicyclic) bond motifs is 3. The first-order chi connectivity index (χ1) is 12.0. The van der Waals surface area contributed by atoms with Gasteiger partial charge in [0.15, 0.2) is 0 Å². The molecule has 0 unspecified atom stereocenters. The first kappa shape index (κ1) is 15.7. The number of carbonyl (C=O) groups is 2. The number of hydrogen-bond donors (Lipinski definition) is 0. The molecule has 4 aliphatic rings. The van der Waals surface area contributed by atoms with E-state index in [1.165, 1.54) is 16.3 Å². The van der Waals surface area contributed by atoms with Gasteiger partial charge in [-0.15, -0.1) is 11.6 Å². The SMILES string of the molecule is O=C(Cl)C12CC(C(=O)N3C[C@@H](CCl)c4c3ccc3ccccc43)(C1)C2. The van der Waals surface area contributed by atoms with E-state index in [9.17, 15) is 9.59 Å². The molecule has 1 amide bonds. The van der Waals surface area contributed by atoms with Crippen molar-refractivity contribution in [3.63, 3.8) is 0 Å². The molecule has 2 aromatic rings.